The summed E-state index contributed by atoms with van der Waals surface area (Å²) < 4.78 is 5.06. The Hall–Kier alpha value is -1.16. The van der Waals surface area contributed by atoms with Crippen molar-refractivity contribution in [3.63, 3.8) is 0 Å². The Morgan fingerprint density at radius 1 is 1.50 bits per heavy atom. The maximum Gasteiger partial charge on any atom is 0.263 e. The van der Waals surface area contributed by atoms with E-state index < -0.39 is 0 Å². The smallest absolute Gasteiger partial charge is 0.263 e. The molecule has 1 aliphatic carbocycles. The van der Waals surface area contributed by atoms with Gasteiger partial charge in [0.05, 0.1) is 6.20 Å². The first kappa shape index (κ1) is 10.0. The molecule has 16 heavy (non-hydrogen) atoms. The monoisotopic (exact) mass is 220 g/mol. The Morgan fingerprint density at radius 2 is 2.19 bits per heavy atom. The SMILES string of the molecule is CC(C)N1CC2C(C1)C2C(=O)c1ncco1. The standard InChI is InChI=1S/C12H16N2O2/c1-7(2)14-5-8-9(6-14)10(8)11(15)12-13-3-4-16-12/h3-4,7-10H,5-6H2,1-2H3. The van der Waals surface area contributed by atoms with Gasteiger partial charge in [-0.15, -0.1) is 0 Å². The van der Waals surface area contributed by atoms with E-state index in [4.69, 9.17) is 4.42 Å². The second kappa shape index (κ2) is 3.42. The van der Waals surface area contributed by atoms with Gasteiger partial charge in [0.1, 0.15) is 6.26 Å². The summed E-state index contributed by atoms with van der Waals surface area (Å²) in [5.74, 6) is 1.65. The third kappa shape index (κ3) is 1.40. The van der Waals surface area contributed by atoms with Crippen LogP contribution in [0.25, 0.3) is 0 Å². The number of oxazole rings is 1. The lowest BCUT2D eigenvalue weighted by Crippen LogP contribution is -2.32. The van der Waals surface area contributed by atoms with Gasteiger partial charge in [-0.1, -0.05) is 0 Å². The number of carbonyl (C=O) groups excluding carboxylic acids is 1. The van der Waals surface area contributed by atoms with Gasteiger partial charge in [-0.2, -0.15) is 0 Å². The van der Waals surface area contributed by atoms with E-state index in [1.807, 2.05) is 0 Å². The molecule has 0 N–H and O–H groups in total. The number of carbonyl (C=O) groups is 1. The van der Waals surface area contributed by atoms with Gasteiger partial charge in [-0.25, -0.2) is 4.98 Å². The maximum atomic E-state index is 12.0. The molecule has 2 atom stereocenters. The number of fused-ring (bicyclic) bond motifs is 1. The van der Waals surface area contributed by atoms with Gasteiger partial charge in [0.2, 0.25) is 5.78 Å². The fraction of sp³-hybridized carbons (Fsp3) is 0.667. The molecule has 3 rings (SSSR count). The van der Waals surface area contributed by atoms with Crippen LogP contribution in [0, 0.1) is 17.8 Å². The largest absolute Gasteiger partial charge is 0.442 e. The second-order valence-corrected chi connectivity index (χ2v) is 5.10. The van der Waals surface area contributed by atoms with Gasteiger partial charge in [-0.05, 0) is 25.7 Å². The summed E-state index contributed by atoms with van der Waals surface area (Å²) in [7, 11) is 0. The molecule has 1 aromatic rings. The minimum atomic E-state index is 0.100. The van der Waals surface area contributed by atoms with Gasteiger partial charge in [0.15, 0.2) is 0 Å². The van der Waals surface area contributed by atoms with Crippen LogP contribution in [-0.2, 0) is 0 Å². The molecular formula is C12H16N2O2. The number of nitrogens with zero attached hydrogens (tertiary/aromatic N) is 2. The van der Waals surface area contributed by atoms with Crippen molar-refractivity contribution in [2.45, 2.75) is 19.9 Å². The number of Topliss-reactive ketones (excluding diaryl/α,β-unsaturated/α-hetero) is 1. The summed E-state index contributed by atoms with van der Waals surface area (Å²) in [5, 5.41) is 0. The number of hydrogen-bond acceptors (Lipinski definition) is 4. The molecule has 0 spiro atoms. The van der Waals surface area contributed by atoms with Crippen LogP contribution < -0.4 is 0 Å². The lowest BCUT2D eigenvalue weighted by Gasteiger charge is -2.22. The Morgan fingerprint density at radius 3 is 2.69 bits per heavy atom. The zero-order chi connectivity index (χ0) is 11.3. The lowest BCUT2D eigenvalue weighted by atomic mass is 10.1. The van der Waals surface area contributed by atoms with Gasteiger partial charge >= 0.3 is 0 Å². The number of ketones is 1. The first-order chi connectivity index (χ1) is 7.68. The number of aromatic nitrogens is 1. The van der Waals surface area contributed by atoms with Crippen LogP contribution in [0.3, 0.4) is 0 Å². The quantitative estimate of drug-likeness (QED) is 0.723. The first-order valence-electron chi connectivity index (χ1n) is 5.86. The van der Waals surface area contributed by atoms with Crippen molar-refractivity contribution in [3.8, 4) is 0 Å². The maximum absolute atomic E-state index is 12.0. The summed E-state index contributed by atoms with van der Waals surface area (Å²) in [6.07, 6.45) is 3.00. The highest BCUT2D eigenvalue weighted by molar-refractivity contribution is 5.96. The predicted molar refractivity (Wildman–Crippen MR) is 58.0 cm³/mol. The van der Waals surface area contributed by atoms with E-state index in [9.17, 15) is 4.79 Å². The number of piperidine rings is 1. The highest BCUT2D eigenvalue weighted by Gasteiger charge is 2.60. The van der Waals surface area contributed by atoms with E-state index in [-0.39, 0.29) is 17.6 Å². The van der Waals surface area contributed by atoms with Crippen molar-refractivity contribution in [3.05, 3.63) is 18.4 Å². The zero-order valence-corrected chi connectivity index (χ0v) is 9.59. The minimum Gasteiger partial charge on any atom is -0.442 e. The molecule has 1 saturated carbocycles. The number of likely N-dealkylation sites (tertiary alicyclic amines) is 1. The summed E-state index contributed by atoms with van der Waals surface area (Å²) in [4.78, 5) is 18.4. The molecule has 2 aliphatic rings. The molecular weight excluding hydrogens is 204 g/mol. The van der Waals surface area contributed by atoms with Crippen molar-refractivity contribution < 1.29 is 9.21 Å². The van der Waals surface area contributed by atoms with Crippen LogP contribution in [0.5, 0.6) is 0 Å². The summed E-state index contributed by atoms with van der Waals surface area (Å²) in [6, 6.07) is 0.588. The molecule has 0 bridgehead atoms. The molecule has 2 heterocycles. The number of rotatable bonds is 3. The fourth-order valence-electron chi connectivity index (χ4n) is 2.86. The highest BCUT2D eigenvalue weighted by Crippen LogP contribution is 2.53. The van der Waals surface area contributed by atoms with E-state index >= 15 is 0 Å². The average molecular weight is 220 g/mol. The van der Waals surface area contributed by atoms with E-state index in [0.717, 1.165) is 13.1 Å². The lowest BCUT2D eigenvalue weighted by molar-refractivity contribution is 0.0901. The molecule has 0 amide bonds. The van der Waals surface area contributed by atoms with Crippen LogP contribution in [0.4, 0.5) is 0 Å². The predicted octanol–water partition coefficient (Wildman–Crippen LogP) is 1.44. The molecule has 1 saturated heterocycles. The van der Waals surface area contributed by atoms with Gasteiger partial charge in [0.25, 0.3) is 5.89 Å². The normalized spacial score (nSPS) is 33.1. The third-order valence-electron chi connectivity index (χ3n) is 3.90. The molecule has 4 heteroatoms. The topological polar surface area (TPSA) is 46.3 Å². The molecule has 0 aromatic carbocycles. The van der Waals surface area contributed by atoms with Crippen molar-refractivity contribution >= 4 is 5.78 Å². The van der Waals surface area contributed by atoms with Crippen LogP contribution in [0.1, 0.15) is 24.5 Å². The summed E-state index contributed by atoms with van der Waals surface area (Å²) >= 11 is 0. The van der Waals surface area contributed by atoms with E-state index in [1.165, 1.54) is 12.5 Å². The van der Waals surface area contributed by atoms with Gasteiger partial charge in [0, 0.05) is 25.0 Å². The fourth-order valence-corrected chi connectivity index (χ4v) is 2.86. The van der Waals surface area contributed by atoms with Crippen LogP contribution in [0.2, 0.25) is 0 Å². The number of hydrogen-bond donors (Lipinski definition) is 0. The minimum absolute atomic E-state index is 0.100. The Labute approximate surface area is 94.6 Å². The molecule has 2 unspecified atom stereocenters. The van der Waals surface area contributed by atoms with E-state index in [0.29, 0.717) is 17.9 Å². The highest BCUT2D eigenvalue weighted by atomic mass is 16.3. The molecule has 4 nitrogen and oxygen atoms in total. The van der Waals surface area contributed by atoms with E-state index in [2.05, 4.69) is 23.7 Å². The Balaban J connectivity index is 1.65. The second-order valence-electron chi connectivity index (χ2n) is 5.10. The molecule has 0 radical (unpaired) electrons. The summed E-state index contributed by atoms with van der Waals surface area (Å²) in [5.41, 5.74) is 0. The Bertz CT molecular complexity index is 387. The van der Waals surface area contributed by atoms with Crippen molar-refractivity contribution in [2.24, 2.45) is 17.8 Å². The van der Waals surface area contributed by atoms with E-state index in [1.54, 1.807) is 0 Å². The third-order valence-corrected chi connectivity index (χ3v) is 3.90. The van der Waals surface area contributed by atoms with Crippen LogP contribution >= 0.6 is 0 Å². The molecule has 86 valence electrons. The van der Waals surface area contributed by atoms with Gasteiger partial charge < -0.3 is 9.32 Å². The summed E-state index contributed by atoms with van der Waals surface area (Å²) in [6.45, 7) is 6.52. The van der Waals surface area contributed by atoms with Gasteiger partial charge in [-0.3, -0.25) is 4.79 Å². The van der Waals surface area contributed by atoms with Crippen LogP contribution in [0.15, 0.2) is 16.9 Å². The Kier molecular flexibility index (Phi) is 2.14. The molecule has 1 aromatic heterocycles. The van der Waals surface area contributed by atoms with Crippen molar-refractivity contribution in [1.29, 1.82) is 0 Å². The van der Waals surface area contributed by atoms with Crippen molar-refractivity contribution in [2.75, 3.05) is 13.1 Å². The first-order valence-corrected chi connectivity index (χ1v) is 5.86. The zero-order valence-electron chi connectivity index (χ0n) is 9.59. The van der Waals surface area contributed by atoms with Crippen LogP contribution in [-0.4, -0.2) is 34.8 Å². The average Bonchev–Trinajstić information content (AvgIpc) is 2.75. The molecule has 1 aliphatic heterocycles. The molecule has 2 fully saturated rings. The van der Waals surface area contributed by atoms with Crippen molar-refractivity contribution in [1.82, 2.24) is 9.88 Å².